The number of rotatable bonds is 5. The zero-order valence-corrected chi connectivity index (χ0v) is 16.5. The van der Waals surface area contributed by atoms with E-state index >= 15 is 0 Å². The minimum absolute atomic E-state index is 0.128. The highest BCUT2D eigenvalue weighted by Gasteiger charge is 2.32. The first-order valence-corrected chi connectivity index (χ1v) is 10.1. The summed E-state index contributed by atoms with van der Waals surface area (Å²) in [5.41, 5.74) is -0.453. The van der Waals surface area contributed by atoms with Crippen LogP contribution in [0.1, 0.15) is 49.0 Å². The first-order chi connectivity index (χ1) is 12.1. The Morgan fingerprint density at radius 1 is 1.15 bits per heavy atom. The highest BCUT2D eigenvalue weighted by molar-refractivity contribution is 7.89. The van der Waals surface area contributed by atoms with Gasteiger partial charge in [0.05, 0.1) is 12.0 Å². The molecule has 0 aromatic heterocycles. The van der Waals surface area contributed by atoms with Crippen molar-refractivity contribution >= 4 is 21.9 Å². The number of nitrogens with zero attached hydrogens (tertiary/aromatic N) is 1. The van der Waals surface area contributed by atoms with E-state index in [-0.39, 0.29) is 10.5 Å². The fraction of sp³-hybridized carbons (Fsp3) is 0.556. The SMILES string of the molecule is COC(=O)C(C)(C)NC(=O)c1ccc(C)c(S(=O)(=O)N2CCCCC2)c1. The maximum atomic E-state index is 12.9. The van der Waals surface area contributed by atoms with Crippen LogP contribution in [0.3, 0.4) is 0 Å². The molecular formula is C18H26N2O5S. The minimum Gasteiger partial charge on any atom is -0.467 e. The first kappa shape index (κ1) is 20.4. The van der Waals surface area contributed by atoms with Crippen LogP contribution in [0.25, 0.3) is 0 Å². The number of hydrogen-bond acceptors (Lipinski definition) is 5. The number of methoxy groups -OCH3 is 1. The van der Waals surface area contributed by atoms with Crippen molar-refractivity contribution in [1.29, 1.82) is 0 Å². The Kier molecular flexibility index (Phi) is 6.08. The lowest BCUT2D eigenvalue weighted by molar-refractivity contribution is -0.146. The van der Waals surface area contributed by atoms with Crippen molar-refractivity contribution in [2.45, 2.75) is 50.5 Å². The van der Waals surface area contributed by atoms with Crippen molar-refractivity contribution in [1.82, 2.24) is 9.62 Å². The molecule has 26 heavy (non-hydrogen) atoms. The number of amides is 1. The van der Waals surface area contributed by atoms with E-state index in [1.165, 1.54) is 31.3 Å². The zero-order valence-electron chi connectivity index (χ0n) is 15.7. The summed E-state index contributed by atoms with van der Waals surface area (Å²) in [6.45, 7) is 5.74. The van der Waals surface area contributed by atoms with Gasteiger partial charge in [0.2, 0.25) is 10.0 Å². The van der Waals surface area contributed by atoms with Crippen molar-refractivity contribution < 1.29 is 22.7 Å². The number of hydrogen-bond donors (Lipinski definition) is 1. The van der Waals surface area contributed by atoms with Crippen molar-refractivity contribution in [3.8, 4) is 0 Å². The first-order valence-electron chi connectivity index (χ1n) is 8.61. The molecule has 0 radical (unpaired) electrons. The molecule has 0 atom stereocenters. The molecule has 1 heterocycles. The van der Waals surface area contributed by atoms with E-state index in [1.807, 2.05) is 0 Å². The third kappa shape index (κ3) is 4.24. The molecule has 1 aromatic rings. The highest BCUT2D eigenvalue weighted by atomic mass is 32.2. The summed E-state index contributed by atoms with van der Waals surface area (Å²) in [7, 11) is -2.41. The van der Waals surface area contributed by atoms with Gasteiger partial charge in [-0.15, -0.1) is 0 Å². The number of esters is 1. The molecule has 0 saturated carbocycles. The number of ether oxygens (including phenoxy) is 1. The van der Waals surface area contributed by atoms with E-state index in [0.29, 0.717) is 18.7 Å². The smallest absolute Gasteiger partial charge is 0.330 e. The number of benzene rings is 1. The van der Waals surface area contributed by atoms with Crippen LogP contribution < -0.4 is 5.32 Å². The van der Waals surface area contributed by atoms with Crippen LogP contribution in [-0.2, 0) is 19.6 Å². The normalized spacial score (nSPS) is 16.2. The van der Waals surface area contributed by atoms with Crippen molar-refractivity contribution in [3.05, 3.63) is 29.3 Å². The van der Waals surface area contributed by atoms with E-state index in [2.05, 4.69) is 10.1 Å². The summed E-state index contributed by atoms with van der Waals surface area (Å²) < 4.78 is 32.0. The summed E-state index contributed by atoms with van der Waals surface area (Å²) in [6.07, 6.45) is 2.70. The molecule has 1 fully saturated rings. The number of aryl methyl sites for hydroxylation is 1. The van der Waals surface area contributed by atoms with Crippen LogP contribution in [0.2, 0.25) is 0 Å². The van der Waals surface area contributed by atoms with Gasteiger partial charge in [-0.25, -0.2) is 13.2 Å². The predicted molar refractivity (Wildman–Crippen MR) is 97.4 cm³/mol. The molecular weight excluding hydrogens is 356 g/mol. The van der Waals surface area contributed by atoms with Crippen LogP contribution in [0.5, 0.6) is 0 Å². The highest BCUT2D eigenvalue weighted by Crippen LogP contribution is 2.24. The van der Waals surface area contributed by atoms with Gasteiger partial charge >= 0.3 is 5.97 Å². The fourth-order valence-electron chi connectivity index (χ4n) is 2.93. The Balaban J connectivity index is 2.32. The van der Waals surface area contributed by atoms with Gasteiger partial charge in [0.1, 0.15) is 5.54 Å². The van der Waals surface area contributed by atoms with Gasteiger partial charge in [-0.2, -0.15) is 4.31 Å². The van der Waals surface area contributed by atoms with Gasteiger partial charge in [-0.1, -0.05) is 12.5 Å². The van der Waals surface area contributed by atoms with Crippen molar-refractivity contribution in [3.63, 3.8) is 0 Å². The van der Waals surface area contributed by atoms with E-state index in [0.717, 1.165) is 19.3 Å². The van der Waals surface area contributed by atoms with Crippen LogP contribution >= 0.6 is 0 Å². The Morgan fingerprint density at radius 2 is 1.77 bits per heavy atom. The Bertz CT molecular complexity index is 796. The molecule has 0 spiro atoms. The lowest BCUT2D eigenvalue weighted by Gasteiger charge is -2.27. The molecule has 1 N–H and O–H groups in total. The van der Waals surface area contributed by atoms with Crippen LogP contribution in [-0.4, -0.2) is 50.3 Å². The Labute approximate surface area is 154 Å². The summed E-state index contributed by atoms with van der Waals surface area (Å²) in [5.74, 6) is -1.12. The zero-order chi connectivity index (χ0) is 19.5. The predicted octanol–water partition coefficient (Wildman–Crippen LogP) is 1.85. The van der Waals surface area contributed by atoms with Crippen molar-refractivity contribution in [2.24, 2.45) is 0 Å². The third-order valence-corrected chi connectivity index (χ3v) is 6.55. The number of carbonyl (C=O) groups excluding carboxylic acids is 2. The second-order valence-electron chi connectivity index (χ2n) is 7.02. The molecule has 1 saturated heterocycles. The van der Waals surface area contributed by atoms with Gasteiger partial charge < -0.3 is 10.1 Å². The number of nitrogens with one attached hydrogen (secondary N) is 1. The molecule has 8 heteroatoms. The maximum Gasteiger partial charge on any atom is 0.330 e. The number of piperidine rings is 1. The van der Waals surface area contributed by atoms with E-state index in [1.54, 1.807) is 19.1 Å². The standard InChI is InChI=1S/C18H26N2O5S/c1-13-8-9-14(16(21)19-18(2,3)17(22)25-4)12-15(13)26(23,24)20-10-6-5-7-11-20/h8-9,12H,5-7,10-11H2,1-4H3,(H,19,21). The van der Waals surface area contributed by atoms with Crippen molar-refractivity contribution in [2.75, 3.05) is 20.2 Å². The second kappa shape index (κ2) is 7.75. The molecule has 1 amide bonds. The molecule has 1 aliphatic heterocycles. The summed E-state index contributed by atoms with van der Waals surface area (Å²) in [4.78, 5) is 24.4. The molecule has 2 rings (SSSR count). The average Bonchev–Trinajstić information content (AvgIpc) is 2.61. The molecule has 0 unspecified atom stereocenters. The third-order valence-electron chi connectivity index (χ3n) is 4.50. The largest absolute Gasteiger partial charge is 0.467 e. The maximum absolute atomic E-state index is 12.9. The van der Waals surface area contributed by atoms with Crippen LogP contribution in [0.15, 0.2) is 23.1 Å². The van der Waals surface area contributed by atoms with Gasteiger partial charge in [0.15, 0.2) is 0 Å². The molecule has 0 aliphatic carbocycles. The Hall–Kier alpha value is -1.93. The van der Waals surface area contributed by atoms with E-state index < -0.39 is 27.4 Å². The molecule has 144 valence electrons. The van der Waals surface area contributed by atoms with Crippen LogP contribution in [0, 0.1) is 6.92 Å². The quantitative estimate of drug-likeness (QED) is 0.785. The monoisotopic (exact) mass is 382 g/mol. The Morgan fingerprint density at radius 3 is 2.35 bits per heavy atom. The number of carbonyl (C=O) groups is 2. The summed E-state index contributed by atoms with van der Waals surface area (Å²) in [6, 6.07) is 4.53. The summed E-state index contributed by atoms with van der Waals surface area (Å²) in [5, 5.41) is 2.58. The van der Waals surface area contributed by atoms with E-state index in [4.69, 9.17) is 0 Å². The van der Waals surface area contributed by atoms with Gasteiger partial charge in [-0.3, -0.25) is 4.79 Å². The van der Waals surface area contributed by atoms with Gasteiger partial charge in [0.25, 0.3) is 5.91 Å². The van der Waals surface area contributed by atoms with E-state index in [9.17, 15) is 18.0 Å². The molecule has 7 nitrogen and oxygen atoms in total. The summed E-state index contributed by atoms with van der Waals surface area (Å²) >= 11 is 0. The average molecular weight is 382 g/mol. The minimum atomic E-state index is -3.65. The fourth-order valence-corrected chi connectivity index (χ4v) is 4.69. The van der Waals surface area contributed by atoms with Crippen LogP contribution in [0.4, 0.5) is 0 Å². The van der Waals surface area contributed by atoms with Gasteiger partial charge in [-0.05, 0) is 51.3 Å². The topological polar surface area (TPSA) is 92.8 Å². The van der Waals surface area contributed by atoms with Gasteiger partial charge in [0, 0.05) is 18.7 Å². The lowest BCUT2D eigenvalue weighted by Crippen LogP contribution is -2.50. The molecule has 0 bridgehead atoms. The molecule has 1 aromatic carbocycles. The number of sulfonamides is 1. The second-order valence-corrected chi connectivity index (χ2v) is 8.92. The molecule has 1 aliphatic rings. The lowest BCUT2D eigenvalue weighted by atomic mass is 10.0.